The van der Waals surface area contributed by atoms with E-state index in [2.05, 4.69) is 22.4 Å². The van der Waals surface area contributed by atoms with Gasteiger partial charge in [0.15, 0.2) is 0 Å². The Hall–Kier alpha value is -2.14. The number of hydrogen-bond acceptors (Lipinski definition) is 4. The average Bonchev–Trinajstić information content (AvgIpc) is 3.32. The molecule has 1 aromatic carbocycles. The molecule has 3 fully saturated rings. The number of likely N-dealkylation sites (tertiary alicyclic amines) is 1. The molecule has 5 heteroatoms. The number of rotatable bonds is 8. The van der Waals surface area contributed by atoms with Crippen LogP contribution in [-0.4, -0.2) is 43.0 Å². The average molecular weight is 409 g/mol. The molecule has 1 spiro atoms. The fraction of sp³-hybridized carbons (Fsp3) is 0.600. The van der Waals surface area contributed by atoms with Crippen LogP contribution in [0.2, 0.25) is 0 Å². The summed E-state index contributed by atoms with van der Waals surface area (Å²) in [6, 6.07) is 7.90. The molecule has 5 rings (SSSR count). The van der Waals surface area contributed by atoms with Crippen LogP contribution >= 0.6 is 0 Å². The number of allylic oxidation sites excluding steroid dienone is 2. The predicted octanol–water partition coefficient (Wildman–Crippen LogP) is 3.55. The topological polar surface area (TPSA) is 58.6 Å². The van der Waals surface area contributed by atoms with Gasteiger partial charge in [0.2, 0.25) is 5.91 Å². The first-order chi connectivity index (χ1) is 14.6. The Morgan fingerprint density at radius 1 is 1.23 bits per heavy atom. The second-order valence-corrected chi connectivity index (χ2v) is 9.64. The molecule has 30 heavy (non-hydrogen) atoms. The Labute approximate surface area is 178 Å². The van der Waals surface area contributed by atoms with Gasteiger partial charge in [0.25, 0.3) is 0 Å². The van der Waals surface area contributed by atoms with E-state index in [1.165, 1.54) is 26.4 Å². The summed E-state index contributed by atoms with van der Waals surface area (Å²) in [5.74, 6) is 2.24. The van der Waals surface area contributed by atoms with Crippen LogP contribution in [0.4, 0.5) is 0 Å². The summed E-state index contributed by atoms with van der Waals surface area (Å²) in [7, 11) is 1.40. The van der Waals surface area contributed by atoms with Gasteiger partial charge in [-0.15, -0.1) is 0 Å². The first-order valence-corrected chi connectivity index (χ1v) is 11.5. The lowest BCUT2D eigenvalue weighted by Crippen LogP contribution is -2.39. The summed E-state index contributed by atoms with van der Waals surface area (Å²) in [4.78, 5) is 26.3. The number of carbonyl (C=O) groups is 2. The summed E-state index contributed by atoms with van der Waals surface area (Å²) >= 11 is 0. The number of carbonyl (C=O) groups excluding carboxylic acids is 2. The van der Waals surface area contributed by atoms with Gasteiger partial charge in [0, 0.05) is 25.6 Å². The first-order valence-electron chi connectivity index (χ1n) is 11.5. The molecule has 1 aliphatic heterocycles. The van der Waals surface area contributed by atoms with Crippen molar-refractivity contribution in [2.45, 2.75) is 51.1 Å². The van der Waals surface area contributed by atoms with Gasteiger partial charge < -0.3 is 15.0 Å². The third-order valence-electron chi connectivity index (χ3n) is 8.09. The zero-order chi connectivity index (χ0) is 20.7. The normalized spacial score (nSPS) is 30.4. The van der Waals surface area contributed by atoms with Crippen LogP contribution in [0.3, 0.4) is 0 Å². The molecule has 2 saturated carbocycles. The largest absolute Gasteiger partial charge is 0.465 e. The molecule has 3 aliphatic carbocycles. The Kier molecular flexibility index (Phi) is 5.18. The Bertz CT molecular complexity index is 842. The van der Waals surface area contributed by atoms with Crippen molar-refractivity contribution in [3.05, 3.63) is 47.5 Å². The fourth-order valence-electron chi connectivity index (χ4n) is 6.31. The number of amides is 1. The molecule has 5 nitrogen and oxygen atoms in total. The molecule has 1 N–H and O–H groups in total. The lowest BCUT2D eigenvalue weighted by Gasteiger charge is -2.30. The smallest absolute Gasteiger partial charge is 0.337 e. The quantitative estimate of drug-likeness (QED) is 0.406. The zero-order valence-electron chi connectivity index (χ0n) is 17.8. The molecule has 4 atom stereocenters. The highest BCUT2D eigenvalue weighted by Crippen LogP contribution is 2.70. The minimum Gasteiger partial charge on any atom is -0.465 e. The van der Waals surface area contributed by atoms with Gasteiger partial charge in [-0.1, -0.05) is 24.3 Å². The highest BCUT2D eigenvalue weighted by atomic mass is 16.5. The molecule has 2 bridgehead atoms. The molecule has 1 aromatic rings. The highest BCUT2D eigenvalue weighted by molar-refractivity contribution is 5.89. The van der Waals surface area contributed by atoms with E-state index in [-0.39, 0.29) is 5.97 Å². The lowest BCUT2D eigenvalue weighted by atomic mass is 9.88. The molecule has 0 aromatic heterocycles. The van der Waals surface area contributed by atoms with Gasteiger partial charge in [-0.05, 0) is 79.5 Å². The van der Waals surface area contributed by atoms with Crippen molar-refractivity contribution in [2.24, 2.45) is 23.2 Å². The van der Waals surface area contributed by atoms with Gasteiger partial charge in [-0.25, -0.2) is 4.79 Å². The van der Waals surface area contributed by atoms with Crippen molar-refractivity contribution in [3.63, 3.8) is 0 Å². The van der Waals surface area contributed by atoms with Crippen molar-refractivity contribution < 1.29 is 14.3 Å². The number of nitrogens with zero attached hydrogens (tertiary/aromatic N) is 1. The number of benzene rings is 1. The second kappa shape index (κ2) is 7.84. The molecule has 1 heterocycles. The fourth-order valence-corrected chi connectivity index (χ4v) is 6.31. The van der Waals surface area contributed by atoms with E-state index in [0.717, 1.165) is 49.9 Å². The van der Waals surface area contributed by atoms with E-state index in [9.17, 15) is 9.59 Å². The number of esters is 1. The van der Waals surface area contributed by atoms with E-state index in [1.54, 1.807) is 12.1 Å². The van der Waals surface area contributed by atoms with Gasteiger partial charge in [0.05, 0.1) is 12.7 Å². The monoisotopic (exact) mass is 408 g/mol. The maximum Gasteiger partial charge on any atom is 0.337 e. The molecule has 4 aliphatic rings. The van der Waals surface area contributed by atoms with Gasteiger partial charge >= 0.3 is 5.97 Å². The van der Waals surface area contributed by atoms with Crippen LogP contribution in [-0.2, 0) is 16.1 Å². The minimum absolute atomic E-state index is 0.306. The van der Waals surface area contributed by atoms with Crippen LogP contribution in [0.1, 0.15) is 54.4 Å². The van der Waals surface area contributed by atoms with E-state index in [1.807, 2.05) is 12.1 Å². The van der Waals surface area contributed by atoms with Crippen LogP contribution in [0.15, 0.2) is 36.4 Å². The maximum absolute atomic E-state index is 12.6. The molecule has 1 saturated heterocycles. The summed E-state index contributed by atoms with van der Waals surface area (Å²) in [6.45, 7) is 2.63. The number of hydrogen-bond donors (Lipinski definition) is 1. The van der Waals surface area contributed by atoms with Crippen molar-refractivity contribution in [1.82, 2.24) is 10.2 Å². The lowest BCUT2D eigenvalue weighted by molar-refractivity contribution is -0.129. The van der Waals surface area contributed by atoms with E-state index >= 15 is 0 Å². The summed E-state index contributed by atoms with van der Waals surface area (Å²) in [5.41, 5.74) is 2.32. The van der Waals surface area contributed by atoms with Crippen molar-refractivity contribution in [2.75, 3.05) is 20.2 Å². The van der Waals surface area contributed by atoms with Crippen LogP contribution in [0.25, 0.3) is 0 Å². The SMILES string of the molecule is COC(=O)c1ccc(CNCC[C@@H]2CCC(=O)N2C[C@@H]2C[C@@H]3C=C[C@@H]2C32CC2)cc1. The Morgan fingerprint density at radius 3 is 2.73 bits per heavy atom. The zero-order valence-corrected chi connectivity index (χ0v) is 17.8. The number of methoxy groups -OCH3 is 1. The standard InChI is InChI=1S/C25H32N2O3/c1-30-24(29)18-4-2-17(3-5-18)15-26-13-10-21-7-9-23(28)27(21)16-19-14-20-6-8-22(19)25(20)11-12-25/h2-6,8,19-22,26H,7,9-16H2,1H3/t19-,20-,21-,22-/m0/s1. The Morgan fingerprint density at radius 2 is 2.03 bits per heavy atom. The summed E-state index contributed by atoms with van der Waals surface area (Å²) in [5, 5.41) is 3.51. The molecule has 0 unspecified atom stereocenters. The second-order valence-electron chi connectivity index (χ2n) is 9.64. The van der Waals surface area contributed by atoms with Crippen LogP contribution in [0.5, 0.6) is 0 Å². The van der Waals surface area contributed by atoms with Crippen LogP contribution in [0, 0.1) is 23.2 Å². The highest BCUT2D eigenvalue weighted by Gasteiger charge is 2.62. The van der Waals surface area contributed by atoms with Crippen molar-refractivity contribution >= 4 is 11.9 Å². The van der Waals surface area contributed by atoms with E-state index < -0.39 is 0 Å². The van der Waals surface area contributed by atoms with E-state index in [4.69, 9.17) is 4.74 Å². The van der Waals surface area contributed by atoms with Crippen LogP contribution < -0.4 is 5.32 Å². The van der Waals surface area contributed by atoms with Gasteiger partial charge in [-0.3, -0.25) is 4.79 Å². The third-order valence-corrected chi connectivity index (χ3v) is 8.09. The van der Waals surface area contributed by atoms with Gasteiger partial charge in [-0.2, -0.15) is 0 Å². The molecule has 160 valence electrons. The maximum atomic E-state index is 12.6. The number of ether oxygens (including phenoxy) is 1. The molecular formula is C25H32N2O3. The number of nitrogens with one attached hydrogen (secondary N) is 1. The predicted molar refractivity (Wildman–Crippen MR) is 115 cm³/mol. The summed E-state index contributed by atoms with van der Waals surface area (Å²) in [6.07, 6.45) is 11.7. The Balaban J connectivity index is 1.10. The van der Waals surface area contributed by atoms with Gasteiger partial charge in [0.1, 0.15) is 0 Å². The van der Waals surface area contributed by atoms with Crippen molar-refractivity contribution in [1.29, 1.82) is 0 Å². The molecule has 1 amide bonds. The first kappa shape index (κ1) is 19.8. The minimum atomic E-state index is -0.306. The summed E-state index contributed by atoms with van der Waals surface area (Å²) < 4.78 is 4.74. The molecular weight excluding hydrogens is 376 g/mol. The third kappa shape index (κ3) is 3.47. The van der Waals surface area contributed by atoms with Crippen molar-refractivity contribution in [3.8, 4) is 0 Å². The van der Waals surface area contributed by atoms with E-state index in [0.29, 0.717) is 35.3 Å². The molecule has 0 radical (unpaired) electrons.